The van der Waals surface area contributed by atoms with Crippen molar-refractivity contribution in [2.45, 2.75) is 64.5 Å². The number of rotatable bonds is 13. The summed E-state index contributed by atoms with van der Waals surface area (Å²) in [6.45, 7) is 6.21. The number of hydrogen-bond acceptors (Lipinski definition) is 7. The molecule has 0 radical (unpaired) electrons. The normalized spacial score (nSPS) is 18.8. The van der Waals surface area contributed by atoms with Crippen molar-refractivity contribution in [2.75, 3.05) is 51.3 Å². The van der Waals surface area contributed by atoms with Crippen molar-refractivity contribution in [3.8, 4) is 0 Å². The topological polar surface area (TPSA) is 85.4 Å². The molecule has 9 nitrogen and oxygen atoms in total. The van der Waals surface area contributed by atoms with Crippen LogP contribution in [-0.2, 0) is 4.74 Å². The van der Waals surface area contributed by atoms with Gasteiger partial charge in [-0.15, -0.1) is 0 Å². The Kier molecular flexibility index (Phi) is 10.1. The minimum Gasteiger partial charge on any atom is -0.448 e. The maximum atomic E-state index is 14.0. The standard InChI is InChI=1S/C32H42FN5O4/c1-2-3-4-5-6-7-8-11-22-42-32(41)38-29(27-15-14-24(33)23-28(27)34-38)36-19-16-35(17-20-36)18-21-37-30(39)25-12-9-10-13-26(25)31(37)40/h9-10,12-15,23,29,34H,2-8,11,16-22H2,1H3. The van der Waals surface area contributed by atoms with Crippen LogP contribution in [0.25, 0.3) is 0 Å². The number of amides is 3. The van der Waals surface area contributed by atoms with Crippen LogP contribution in [0.5, 0.6) is 0 Å². The number of benzene rings is 2. The number of ether oxygens (including phenoxy) is 1. The first-order chi connectivity index (χ1) is 20.5. The molecule has 5 rings (SSSR count). The molecule has 1 atom stereocenters. The number of piperazine rings is 1. The zero-order valence-corrected chi connectivity index (χ0v) is 24.5. The van der Waals surface area contributed by atoms with E-state index in [0.29, 0.717) is 62.7 Å². The van der Waals surface area contributed by atoms with Gasteiger partial charge in [-0.1, -0.05) is 70.1 Å². The molecule has 2 aromatic carbocycles. The number of imide groups is 1. The van der Waals surface area contributed by atoms with Gasteiger partial charge >= 0.3 is 6.09 Å². The molecule has 10 heteroatoms. The van der Waals surface area contributed by atoms with Gasteiger partial charge in [0.2, 0.25) is 0 Å². The minimum absolute atomic E-state index is 0.240. The van der Waals surface area contributed by atoms with Gasteiger partial charge in [-0.25, -0.2) is 9.18 Å². The molecular weight excluding hydrogens is 537 g/mol. The molecule has 0 aliphatic carbocycles. The maximum absolute atomic E-state index is 14.0. The molecule has 0 spiro atoms. The molecule has 0 saturated carbocycles. The van der Waals surface area contributed by atoms with Crippen LogP contribution >= 0.6 is 0 Å². The SMILES string of the molecule is CCCCCCCCCCOC(=O)N1Nc2cc(F)ccc2C1N1CCN(CCN2C(=O)c3ccccc3C2=O)CC1. The molecule has 3 amide bonds. The maximum Gasteiger partial charge on any atom is 0.430 e. The number of hydrazine groups is 1. The number of nitrogens with one attached hydrogen (secondary N) is 1. The van der Waals surface area contributed by atoms with Crippen LogP contribution in [0.3, 0.4) is 0 Å². The number of unbranched alkanes of at least 4 members (excludes halogenated alkanes) is 7. The average Bonchev–Trinajstić information content (AvgIpc) is 3.49. The first-order valence-electron chi connectivity index (χ1n) is 15.4. The van der Waals surface area contributed by atoms with E-state index in [2.05, 4.69) is 22.1 Å². The fourth-order valence-corrected chi connectivity index (χ4v) is 6.07. The second-order valence-electron chi connectivity index (χ2n) is 11.4. The summed E-state index contributed by atoms with van der Waals surface area (Å²) < 4.78 is 19.7. The van der Waals surface area contributed by atoms with E-state index in [1.807, 2.05) is 0 Å². The van der Waals surface area contributed by atoms with Crippen LogP contribution in [0, 0.1) is 5.82 Å². The molecule has 3 aliphatic rings. The Labute approximate surface area is 247 Å². The quantitative estimate of drug-likeness (QED) is 0.242. The summed E-state index contributed by atoms with van der Waals surface area (Å²) in [7, 11) is 0. The van der Waals surface area contributed by atoms with E-state index in [-0.39, 0.29) is 17.6 Å². The number of halogens is 1. The number of anilines is 1. The molecular formula is C32H42FN5O4. The third-order valence-corrected chi connectivity index (χ3v) is 8.47. The monoisotopic (exact) mass is 579 g/mol. The molecule has 1 saturated heterocycles. The molecule has 1 N–H and O–H groups in total. The third kappa shape index (κ3) is 6.76. The fourth-order valence-electron chi connectivity index (χ4n) is 6.07. The van der Waals surface area contributed by atoms with Gasteiger partial charge in [-0.05, 0) is 30.7 Å². The van der Waals surface area contributed by atoms with Crippen molar-refractivity contribution in [2.24, 2.45) is 0 Å². The Morgan fingerprint density at radius 3 is 2.19 bits per heavy atom. The molecule has 3 aliphatic heterocycles. The molecule has 1 unspecified atom stereocenters. The van der Waals surface area contributed by atoms with Gasteiger partial charge in [0.1, 0.15) is 12.0 Å². The first-order valence-corrected chi connectivity index (χ1v) is 15.4. The van der Waals surface area contributed by atoms with E-state index in [0.717, 1.165) is 24.8 Å². The number of carbonyl (C=O) groups is 3. The van der Waals surface area contributed by atoms with Gasteiger partial charge in [-0.3, -0.25) is 29.7 Å². The largest absolute Gasteiger partial charge is 0.448 e. The molecule has 226 valence electrons. The summed E-state index contributed by atoms with van der Waals surface area (Å²) in [5.74, 6) is -0.848. The predicted molar refractivity (Wildman–Crippen MR) is 158 cm³/mol. The predicted octanol–water partition coefficient (Wildman–Crippen LogP) is 5.66. The molecule has 1 fully saturated rings. The van der Waals surface area contributed by atoms with E-state index in [1.165, 1.54) is 54.1 Å². The first kappa shape index (κ1) is 30.0. The Balaban J connectivity index is 1.12. The Morgan fingerprint density at radius 1 is 0.881 bits per heavy atom. The Morgan fingerprint density at radius 2 is 1.52 bits per heavy atom. The van der Waals surface area contributed by atoms with Crippen molar-refractivity contribution in [3.63, 3.8) is 0 Å². The molecule has 0 bridgehead atoms. The highest BCUT2D eigenvalue weighted by molar-refractivity contribution is 6.21. The zero-order valence-electron chi connectivity index (χ0n) is 24.5. The van der Waals surface area contributed by atoms with Crippen LogP contribution in [0.2, 0.25) is 0 Å². The van der Waals surface area contributed by atoms with Crippen molar-refractivity contribution in [1.29, 1.82) is 0 Å². The van der Waals surface area contributed by atoms with E-state index >= 15 is 0 Å². The van der Waals surface area contributed by atoms with Crippen LogP contribution in [0.1, 0.15) is 90.7 Å². The molecule has 2 aromatic rings. The number of fused-ring (bicyclic) bond motifs is 2. The Bertz CT molecular complexity index is 1230. The van der Waals surface area contributed by atoms with Crippen LogP contribution in [0.15, 0.2) is 42.5 Å². The van der Waals surface area contributed by atoms with Crippen molar-refractivity contribution in [3.05, 3.63) is 65.0 Å². The summed E-state index contributed by atoms with van der Waals surface area (Å²) in [4.78, 5) is 44.3. The summed E-state index contributed by atoms with van der Waals surface area (Å²) in [6, 6.07) is 11.5. The van der Waals surface area contributed by atoms with E-state index in [4.69, 9.17) is 4.74 Å². The van der Waals surface area contributed by atoms with Crippen LogP contribution in [0.4, 0.5) is 14.9 Å². The lowest BCUT2D eigenvalue weighted by atomic mass is 10.1. The summed E-state index contributed by atoms with van der Waals surface area (Å²) in [6.07, 6.45) is 8.43. The highest BCUT2D eigenvalue weighted by Crippen LogP contribution is 2.38. The van der Waals surface area contributed by atoms with Gasteiger partial charge in [0.25, 0.3) is 11.8 Å². The summed E-state index contributed by atoms with van der Waals surface area (Å²) in [5, 5.41) is 1.48. The van der Waals surface area contributed by atoms with Crippen molar-refractivity contribution >= 4 is 23.6 Å². The van der Waals surface area contributed by atoms with Gasteiger partial charge in [0.05, 0.1) is 23.4 Å². The summed E-state index contributed by atoms with van der Waals surface area (Å²) in [5.41, 5.74) is 5.40. The van der Waals surface area contributed by atoms with Gasteiger partial charge < -0.3 is 4.74 Å². The van der Waals surface area contributed by atoms with Gasteiger partial charge in [-0.2, -0.15) is 5.01 Å². The lowest BCUT2D eigenvalue weighted by Crippen LogP contribution is -2.53. The number of hydrogen-bond donors (Lipinski definition) is 1. The smallest absolute Gasteiger partial charge is 0.430 e. The van der Waals surface area contributed by atoms with Gasteiger partial charge in [0.15, 0.2) is 0 Å². The number of carbonyl (C=O) groups excluding carboxylic acids is 3. The lowest BCUT2D eigenvalue weighted by Gasteiger charge is -2.40. The molecule has 42 heavy (non-hydrogen) atoms. The van der Waals surface area contributed by atoms with Crippen molar-refractivity contribution < 1.29 is 23.5 Å². The average molecular weight is 580 g/mol. The highest BCUT2D eigenvalue weighted by Gasteiger charge is 2.40. The Hall–Kier alpha value is -3.50. The van der Waals surface area contributed by atoms with Crippen molar-refractivity contribution in [1.82, 2.24) is 19.7 Å². The third-order valence-electron chi connectivity index (χ3n) is 8.47. The molecule has 0 aromatic heterocycles. The number of nitrogens with zero attached hydrogens (tertiary/aromatic N) is 4. The zero-order chi connectivity index (χ0) is 29.5. The van der Waals surface area contributed by atoms with E-state index in [9.17, 15) is 18.8 Å². The fraction of sp³-hybridized carbons (Fsp3) is 0.531. The van der Waals surface area contributed by atoms with E-state index in [1.54, 1.807) is 30.3 Å². The van der Waals surface area contributed by atoms with Gasteiger partial charge in [0, 0.05) is 44.8 Å². The highest BCUT2D eigenvalue weighted by atomic mass is 19.1. The molecule has 3 heterocycles. The second kappa shape index (κ2) is 14.1. The van der Waals surface area contributed by atoms with Crippen LogP contribution < -0.4 is 5.43 Å². The van der Waals surface area contributed by atoms with E-state index < -0.39 is 12.3 Å². The minimum atomic E-state index is -0.465. The lowest BCUT2D eigenvalue weighted by molar-refractivity contribution is 0.0173. The second-order valence-corrected chi connectivity index (χ2v) is 11.4. The summed E-state index contributed by atoms with van der Waals surface area (Å²) >= 11 is 0. The van der Waals surface area contributed by atoms with Crippen LogP contribution in [-0.4, -0.2) is 83.5 Å².